The minimum absolute atomic E-state index is 0.0408. The van der Waals surface area contributed by atoms with E-state index in [1.807, 2.05) is 24.5 Å². The van der Waals surface area contributed by atoms with E-state index in [1.165, 1.54) is 22.0 Å². The van der Waals surface area contributed by atoms with Crippen molar-refractivity contribution in [3.05, 3.63) is 46.4 Å². The van der Waals surface area contributed by atoms with Gasteiger partial charge in [-0.25, -0.2) is 4.98 Å². The quantitative estimate of drug-likeness (QED) is 0.666. The van der Waals surface area contributed by atoms with E-state index in [1.54, 1.807) is 17.8 Å². The summed E-state index contributed by atoms with van der Waals surface area (Å²) in [6.07, 6.45) is 3.27. The van der Waals surface area contributed by atoms with Crippen LogP contribution >= 0.6 is 23.1 Å². The summed E-state index contributed by atoms with van der Waals surface area (Å²) in [5.74, 6) is -0.499. The summed E-state index contributed by atoms with van der Waals surface area (Å²) in [6, 6.07) is 7.43. The number of hydrogen-bond donors (Lipinski definition) is 1. The predicted molar refractivity (Wildman–Crippen MR) is 106 cm³/mol. The van der Waals surface area contributed by atoms with Crippen molar-refractivity contribution in [3.8, 4) is 0 Å². The van der Waals surface area contributed by atoms with E-state index in [9.17, 15) is 9.59 Å². The second kappa shape index (κ2) is 7.67. The number of thioether (sulfide) groups is 1. The maximum absolute atomic E-state index is 12.7. The number of fused-ring (bicyclic) bond motifs is 1. The minimum atomic E-state index is -0.499. The first-order chi connectivity index (χ1) is 13.2. The summed E-state index contributed by atoms with van der Waals surface area (Å²) in [5.41, 5.74) is 0.110. The number of amides is 1. The molecular weight excluding hydrogens is 386 g/mol. The lowest BCUT2D eigenvalue weighted by atomic mass is 10.2. The summed E-state index contributed by atoms with van der Waals surface area (Å²) in [6.45, 7) is 2.68. The van der Waals surface area contributed by atoms with E-state index in [2.05, 4.69) is 20.3 Å². The topological polar surface area (TPSA) is 88.8 Å². The number of aromatic nitrogens is 3. The van der Waals surface area contributed by atoms with Crippen molar-refractivity contribution in [2.75, 3.05) is 42.8 Å². The van der Waals surface area contributed by atoms with Crippen molar-refractivity contribution in [1.29, 1.82) is 0 Å². The summed E-state index contributed by atoms with van der Waals surface area (Å²) in [4.78, 5) is 33.1. The molecule has 0 aliphatic carbocycles. The number of ether oxygens (including phenoxy) is 1. The van der Waals surface area contributed by atoms with Crippen LogP contribution in [0.3, 0.4) is 0 Å². The van der Waals surface area contributed by atoms with Gasteiger partial charge in [-0.1, -0.05) is 17.4 Å². The molecule has 0 saturated carbocycles. The Balaban J connectivity index is 1.62. The molecule has 140 valence electrons. The molecule has 27 heavy (non-hydrogen) atoms. The minimum Gasteiger partial charge on any atom is -0.378 e. The molecule has 1 saturated heterocycles. The van der Waals surface area contributed by atoms with Gasteiger partial charge in [0.05, 0.1) is 13.2 Å². The third kappa shape index (κ3) is 3.68. The zero-order valence-electron chi connectivity index (χ0n) is 14.5. The molecule has 1 N–H and O–H groups in total. The van der Waals surface area contributed by atoms with Crippen LogP contribution in [0.25, 0.3) is 4.96 Å². The number of hydrogen-bond acceptors (Lipinski definition) is 8. The van der Waals surface area contributed by atoms with Gasteiger partial charge in [0.25, 0.3) is 11.5 Å². The van der Waals surface area contributed by atoms with E-state index >= 15 is 0 Å². The fourth-order valence-corrected chi connectivity index (χ4v) is 4.09. The zero-order valence-corrected chi connectivity index (χ0v) is 16.2. The van der Waals surface area contributed by atoms with Gasteiger partial charge in [-0.05, 0) is 24.5 Å². The van der Waals surface area contributed by atoms with E-state index in [0.29, 0.717) is 42.1 Å². The van der Waals surface area contributed by atoms with Crippen LogP contribution in [0.2, 0.25) is 0 Å². The highest BCUT2D eigenvalue weighted by Crippen LogP contribution is 2.22. The van der Waals surface area contributed by atoms with Crippen LogP contribution in [0.1, 0.15) is 10.4 Å². The number of nitrogens with one attached hydrogen (secondary N) is 1. The average Bonchev–Trinajstić information content (AvgIpc) is 3.14. The monoisotopic (exact) mass is 403 g/mol. The molecule has 1 aliphatic rings. The van der Waals surface area contributed by atoms with Gasteiger partial charge in [0.2, 0.25) is 10.1 Å². The first kappa shape index (κ1) is 18.0. The Labute approximate surface area is 163 Å². The molecule has 0 atom stereocenters. The lowest BCUT2D eigenvalue weighted by molar-refractivity contribution is 0.102. The molecule has 8 nitrogen and oxygen atoms in total. The third-order valence-electron chi connectivity index (χ3n) is 4.13. The molecular formula is C17H17N5O3S2. The molecule has 1 fully saturated rings. The van der Waals surface area contributed by atoms with Gasteiger partial charge >= 0.3 is 0 Å². The highest BCUT2D eigenvalue weighted by Gasteiger charge is 2.20. The first-order valence-corrected chi connectivity index (χ1v) is 10.4. The Morgan fingerprint density at radius 2 is 2.15 bits per heavy atom. The fourth-order valence-electron chi connectivity index (χ4n) is 2.71. The molecule has 10 heteroatoms. The summed E-state index contributed by atoms with van der Waals surface area (Å²) < 4.78 is 6.54. The van der Waals surface area contributed by atoms with Crippen LogP contribution in [0.5, 0.6) is 0 Å². The van der Waals surface area contributed by atoms with E-state index < -0.39 is 11.5 Å². The number of carbonyl (C=O) groups excluding carboxylic acids is 1. The van der Waals surface area contributed by atoms with Gasteiger partial charge in [-0.2, -0.15) is 4.52 Å². The van der Waals surface area contributed by atoms with Crippen LogP contribution in [-0.4, -0.2) is 53.1 Å². The van der Waals surface area contributed by atoms with Crippen LogP contribution in [0.4, 0.5) is 10.8 Å². The zero-order chi connectivity index (χ0) is 18.8. The van der Waals surface area contributed by atoms with Gasteiger partial charge in [0.1, 0.15) is 5.56 Å². The summed E-state index contributed by atoms with van der Waals surface area (Å²) >= 11 is 2.90. The van der Waals surface area contributed by atoms with E-state index in [4.69, 9.17) is 4.74 Å². The van der Waals surface area contributed by atoms with Gasteiger partial charge in [0, 0.05) is 29.9 Å². The second-order valence-electron chi connectivity index (χ2n) is 5.84. The molecule has 0 unspecified atom stereocenters. The smallest absolute Gasteiger partial charge is 0.288 e. The van der Waals surface area contributed by atoms with Crippen LogP contribution < -0.4 is 15.8 Å². The maximum Gasteiger partial charge on any atom is 0.288 e. The molecule has 0 radical (unpaired) electrons. The van der Waals surface area contributed by atoms with Gasteiger partial charge < -0.3 is 15.0 Å². The Morgan fingerprint density at radius 1 is 1.33 bits per heavy atom. The maximum atomic E-state index is 12.7. The van der Waals surface area contributed by atoms with Crippen molar-refractivity contribution in [1.82, 2.24) is 14.6 Å². The highest BCUT2D eigenvalue weighted by molar-refractivity contribution is 7.98. The molecule has 2 aromatic heterocycles. The van der Waals surface area contributed by atoms with Gasteiger partial charge in [-0.3, -0.25) is 9.59 Å². The molecule has 4 rings (SSSR count). The number of carbonyl (C=O) groups is 1. The van der Waals surface area contributed by atoms with Crippen LogP contribution in [-0.2, 0) is 4.74 Å². The lowest BCUT2D eigenvalue weighted by Gasteiger charge is -2.25. The Kier molecular flexibility index (Phi) is 5.10. The standard InChI is InChI=1S/C17H17N5O3S2/c1-26-12-4-2-3-11(9-12)19-14(23)13-10-18-16-22(15(13)24)20-17(27-16)21-5-7-25-8-6-21/h2-4,9-10H,5-8H2,1H3,(H,19,23). The van der Waals surface area contributed by atoms with Crippen molar-refractivity contribution >= 4 is 44.8 Å². The van der Waals surface area contributed by atoms with E-state index in [0.717, 1.165) is 4.90 Å². The second-order valence-corrected chi connectivity index (χ2v) is 7.66. The molecule has 1 amide bonds. The predicted octanol–water partition coefficient (Wildman–Crippen LogP) is 1.96. The normalized spacial score (nSPS) is 14.5. The lowest BCUT2D eigenvalue weighted by Crippen LogP contribution is -2.36. The van der Waals surface area contributed by atoms with Crippen LogP contribution in [0, 0.1) is 0 Å². The summed E-state index contributed by atoms with van der Waals surface area (Å²) in [5, 5.41) is 7.81. The number of benzene rings is 1. The molecule has 3 aromatic rings. The highest BCUT2D eigenvalue weighted by atomic mass is 32.2. The number of anilines is 2. The Hall–Kier alpha value is -2.43. The summed E-state index contributed by atoms with van der Waals surface area (Å²) in [7, 11) is 0. The van der Waals surface area contributed by atoms with Crippen molar-refractivity contribution in [3.63, 3.8) is 0 Å². The molecule has 3 heterocycles. The van der Waals surface area contributed by atoms with Crippen LogP contribution in [0.15, 0.2) is 40.2 Å². The fraction of sp³-hybridized carbons (Fsp3) is 0.294. The molecule has 1 aliphatic heterocycles. The van der Waals surface area contributed by atoms with Crippen molar-refractivity contribution in [2.24, 2.45) is 0 Å². The molecule has 0 spiro atoms. The number of morpholine rings is 1. The SMILES string of the molecule is CSc1cccc(NC(=O)c2cnc3sc(N4CCOCC4)nn3c2=O)c1. The van der Waals surface area contributed by atoms with Gasteiger partial charge in [0.15, 0.2) is 0 Å². The molecule has 0 bridgehead atoms. The number of rotatable bonds is 4. The van der Waals surface area contributed by atoms with E-state index in [-0.39, 0.29) is 5.56 Å². The third-order valence-corrected chi connectivity index (χ3v) is 5.84. The first-order valence-electron chi connectivity index (χ1n) is 8.32. The Bertz CT molecular complexity index is 1040. The van der Waals surface area contributed by atoms with Crippen molar-refractivity contribution < 1.29 is 9.53 Å². The Morgan fingerprint density at radius 3 is 2.93 bits per heavy atom. The largest absolute Gasteiger partial charge is 0.378 e. The van der Waals surface area contributed by atoms with Gasteiger partial charge in [-0.15, -0.1) is 16.9 Å². The number of nitrogens with zero attached hydrogens (tertiary/aromatic N) is 4. The van der Waals surface area contributed by atoms with Crippen molar-refractivity contribution in [2.45, 2.75) is 4.90 Å². The average molecular weight is 403 g/mol. The molecule has 1 aromatic carbocycles.